The van der Waals surface area contributed by atoms with Crippen LogP contribution in [-0.2, 0) is 6.54 Å². The number of ether oxygens (including phenoxy) is 2. The van der Waals surface area contributed by atoms with Crippen molar-refractivity contribution in [1.29, 1.82) is 0 Å². The molecule has 3 atom stereocenters. The first kappa shape index (κ1) is 23.1. The van der Waals surface area contributed by atoms with Crippen molar-refractivity contribution < 1.29 is 9.47 Å². The maximum absolute atomic E-state index is 6.39. The number of anilines is 1. The number of hydrogen-bond acceptors (Lipinski definition) is 6. The van der Waals surface area contributed by atoms with Crippen LogP contribution in [0.25, 0.3) is 16.9 Å². The van der Waals surface area contributed by atoms with Gasteiger partial charge in [0.25, 0.3) is 0 Å². The minimum atomic E-state index is 0.466. The number of methoxy groups -OCH3 is 2. The molecule has 8 heteroatoms. The van der Waals surface area contributed by atoms with E-state index in [1.165, 1.54) is 18.4 Å². The number of rotatable bonds is 7. The Bertz CT molecular complexity index is 1360. The zero-order chi connectivity index (χ0) is 24.6. The molecule has 0 saturated carbocycles. The first-order valence-corrected chi connectivity index (χ1v) is 12.8. The Kier molecular flexibility index (Phi) is 6.19. The van der Waals surface area contributed by atoms with E-state index >= 15 is 0 Å². The number of hydrogen-bond donors (Lipinski definition) is 1. The van der Waals surface area contributed by atoms with Gasteiger partial charge in [0.05, 0.1) is 24.9 Å². The van der Waals surface area contributed by atoms with Gasteiger partial charge in [-0.15, -0.1) is 0 Å². The Balaban J connectivity index is 1.18. The lowest BCUT2D eigenvalue weighted by atomic mass is 9.96. The van der Waals surface area contributed by atoms with E-state index in [4.69, 9.17) is 26.1 Å². The zero-order valence-electron chi connectivity index (χ0n) is 20.5. The molecule has 2 saturated heterocycles. The van der Waals surface area contributed by atoms with Crippen molar-refractivity contribution in [2.75, 3.05) is 19.5 Å². The van der Waals surface area contributed by atoms with Gasteiger partial charge in [0.15, 0.2) is 0 Å². The SMILES string of the molecule is COc1cc(OC)c(-c2cn3ccc(NC4C[C@H]5CC[C@@H](C4)N5Cc4ccncc4)cc3n2)cc1Cl. The first-order chi connectivity index (χ1) is 17.6. The topological polar surface area (TPSA) is 63.9 Å². The summed E-state index contributed by atoms with van der Waals surface area (Å²) < 4.78 is 12.9. The molecule has 1 aromatic carbocycles. The summed E-state index contributed by atoms with van der Waals surface area (Å²) in [5.74, 6) is 1.25. The molecule has 36 heavy (non-hydrogen) atoms. The summed E-state index contributed by atoms with van der Waals surface area (Å²) in [4.78, 5) is 11.7. The summed E-state index contributed by atoms with van der Waals surface area (Å²) in [6.45, 7) is 1.02. The molecule has 2 aliphatic heterocycles. The van der Waals surface area contributed by atoms with Gasteiger partial charge in [-0.05, 0) is 55.5 Å². The lowest BCUT2D eigenvalue weighted by molar-refractivity contribution is 0.124. The highest BCUT2D eigenvalue weighted by Gasteiger charge is 2.40. The molecule has 0 amide bonds. The monoisotopic (exact) mass is 503 g/mol. The minimum Gasteiger partial charge on any atom is -0.496 e. The molecule has 1 unspecified atom stereocenters. The van der Waals surface area contributed by atoms with Crippen LogP contribution in [0.1, 0.15) is 31.2 Å². The van der Waals surface area contributed by atoms with Gasteiger partial charge in [-0.3, -0.25) is 9.88 Å². The van der Waals surface area contributed by atoms with E-state index in [-0.39, 0.29) is 0 Å². The molecule has 5 heterocycles. The first-order valence-electron chi connectivity index (χ1n) is 12.4. The van der Waals surface area contributed by atoms with Gasteiger partial charge in [0, 0.05) is 72.8 Å². The predicted octanol–water partition coefficient (Wildman–Crippen LogP) is 5.67. The Morgan fingerprint density at radius 2 is 1.75 bits per heavy atom. The van der Waals surface area contributed by atoms with E-state index in [9.17, 15) is 0 Å². The van der Waals surface area contributed by atoms with E-state index < -0.39 is 0 Å². The van der Waals surface area contributed by atoms with Crippen LogP contribution in [0, 0.1) is 0 Å². The molecule has 7 nitrogen and oxygen atoms in total. The molecular weight excluding hydrogens is 474 g/mol. The summed E-state index contributed by atoms with van der Waals surface area (Å²) in [5, 5.41) is 4.33. The maximum atomic E-state index is 6.39. The van der Waals surface area contributed by atoms with Crippen molar-refractivity contribution >= 4 is 22.9 Å². The molecule has 1 N–H and O–H groups in total. The highest BCUT2D eigenvalue weighted by Crippen LogP contribution is 2.39. The van der Waals surface area contributed by atoms with Crippen molar-refractivity contribution in [3.8, 4) is 22.8 Å². The molecular formula is C28H30ClN5O2. The third-order valence-corrected chi connectivity index (χ3v) is 7.88. The van der Waals surface area contributed by atoms with Gasteiger partial charge in [-0.2, -0.15) is 0 Å². The fourth-order valence-corrected chi connectivity index (χ4v) is 6.09. The number of halogens is 1. The van der Waals surface area contributed by atoms with E-state index in [1.807, 2.05) is 29.1 Å². The van der Waals surface area contributed by atoms with Crippen LogP contribution in [0.2, 0.25) is 5.02 Å². The number of benzene rings is 1. The molecule has 4 aromatic rings. The number of piperidine rings is 1. The molecule has 0 spiro atoms. The normalized spacial score (nSPS) is 21.6. The number of aromatic nitrogens is 3. The summed E-state index contributed by atoms with van der Waals surface area (Å²) in [6.07, 6.45) is 12.7. The third kappa shape index (κ3) is 4.38. The highest BCUT2D eigenvalue weighted by molar-refractivity contribution is 6.32. The van der Waals surface area contributed by atoms with Crippen molar-refractivity contribution in [2.24, 2.45) is 0 Å². The van der Waals surface area contributed by atoms with E-state index in [0.717, 1.165) is 42.0 Å². The molecule has 2 fully saturated rings. The minimum absolute atomic E-state index is 0.466. The number of pyridine rings is 2. The lowest BCUT2D eigenvalue weighted by Crippen LogP contribution is -2.46. The van der Waals surface area contributed by atoms with Gasteiger partial charge in [0.2, 0.25) is 0 Å². The molecule has 0 radical (unpaired) electrons. The Hall–Kier alpha value is -3.29. The average molecular weight is 504 g/mol. The average Bonchev–Trinajstić information content (AvgIpc) is 3.41. The van der Waals surface area contributed by atoms with Crippen molar-refractivity contribution in [3.05, 3.63) is 71.8 Å². The second-order valence-electron chi connectivity index (χ2n) is 9.72. The summed E-state index contributed by atoms with van der Waals surface area (Å²) >= 11 is 6.39. The van der Waals surface area contributed by atoms with Crippen molar-refractivity contribution in [3.63, 3.8) is 0 Å². The molecule has 6 rings (SSSR count). The van der Waals surface area contributed by atoms with E-state index in [1.54, 1.807) is 20.3 Å². The summed E-state index contributed by atoms with van der Waals surface area (Å²) in [6, 6.07) is 13.9. The van der Waals surface area contributed by atoms with Gasteiger partial charge in [-0.1, -0.05) is 11.6 Å². The van der Waals surface area contributed by atoms with Gasteiger partial charge < -0.3 is 19.2 Å². The van der Waals surface area contributed by atoms with Crippen LogP contribution in [0.15, 0.2) is 61.2 Å². The largest absolute Gasteiger partial charge is 0.496 e. The van der Waals surface area contributed by atoms with Crippen molar-refractivity contribution in [2.45, 2.75) is 50.4 Å². The fraction of sp³-hybridized carbons (Fsp3) is 0.357. The van der Waals surface area contributed by atoms with Gasteiger partial charge in [-0.25, -0.2) is 4.98 Å². The number of fused-ring (bicyclic) bond motifs is 3. The zero-order valence-corrected chi connectivity index (χ0v) is 21.3. The quantitative estimate of drug-likeness (QED) is 0.350. The standard InChI is InChI=1S/C28H30ClN5O2/c1-35-26-15-27(36-2)24(29)14-23(26)25-17-33-10-7-19(13-28(33)32-25)31-20-11-21-3-4-22(12-20)34(21)16-18-5-8-30-9-6-18/h5-10,13-15,17,20-22,31H,3-4,11-12,16H2,1-2H3/t20?,21-,22+. The number of nitrogens with one attached hydrogen (secondary N) is 1. The Morgan fingerprint density at radius 3 is 2.47 bits per heavy atom. The second kappa shape index (κ2) is 9.64. The Labute approximate surface area is 216 Å². The Morgan fingerprint density at radius 1 is 1.00 bits per heavy atom. The maximum Gasteiger partial charge on any atom is 0.141 e. The van der Waals surface area contributed by atoms with E-state index in [2.05, 4.69) is 45.7 Å². The van der Waals surface area contributed by atoms with Crippen LogP contribution in [-0.4, -0.2) is 51.6 Å². The smallest absolute Gasteiger partial charge is 0.141 e. The summed E-state index contributed by atoms with van der Waals surface area (Å²) in [7, 11) is 3.23. The van der Waals surface area contributed by atoms with Crippen LogP contribution < -0.4 is 14.8 Å². The molecule has 186 valence electrons. The van der Waals surface area contributed by atoms with Crippen molar-refractivity contribution in [1.82, 2.24) is 19.3 Å². The number of imidazole rings is 1. The molecule has 2 bridgehead atoms. The molecule has 2 aliphatic rings. The third-order valence-electron chi connectivity index (χ3n) is 7.58. The van der Waals surface area contributed by atoms with Crippen LogP contribution in [0.5, 0.6) is 11.5 Å². The molecule has 3 aromatic heterocycles. The predicted molar refractivity (Wildman–Crippen MR) is 142 cm³/mol. The fourth-order valence-electron chi connectivity index (χ4n) is 5.85. The second-order valence-corrected chi connectivity index (χ2v) is 10.1. The van der Waals surface area contributed by atoms with Gasteiger partial charge >= 0.3 is 0 Å². The number of nitrogens with zero attached hydrogens (tertiary/aromatic N) is 4. The van der Waals surface area contributed by atoms with E-state index in [0.29, 0.717) is 34.6 Å². The summed E-state index contributed by atoms with van der Waals surface area (Å²) in [5.41, 5.74) is 4.97. The lowest BCUT2D eigenvalue weighted by Gasteiger charge is -2.39. The van der Waals surface area contributed by atoms with Crippen LogP contribution in [0.4, 0.5) is 5.69 Å². The van der Waals surface area contributed by atoms with Gasteiger partial charge in [0.1, 0.15) is 17.1 Å². The van der Waals surface area contributed by atoms with Crippen LogP contribution >= 0.6 is 11.6 Å². The van der Waals surface area contributed by atoms with Crippen LogP contribution in [0.3, 0.4) is 0 Å². The molecule has 0 aliphatic carbocycles. The highest BCUT2D eigenvalue weighted by atomic mass is 35.5.